The number of amides is 4. The molecule has 1 aliphatic carbocycles. The lowest BCUT2D eigenvalue weighted by Gasteiger charge is -2.37. The fraction of sp³-hybridized carbons (Fsp3) is 0.372. The highest BCUT2D eigenvalue weighted by molar-refractivity contribution is 6.05. The van der Waals surface area contributed by atoms with E-state index in [0.717, 1.165) is 53.3 Å². The van der Waals surface area contributed by atoms with Gasteiger partial charge in [0.05, 0.1) is 0 Å². The lowest BCUT2D eigenvalue weighted by atomic mass is 9.72. The highest BCUT2D eigenvalue weighted by atomic mass is 16.5. The summed E-state index contributed by atoms with van der Waals surface area (Å²) in [5, 5.41) is 14.4. The average molecular weight is 735 g/mol. The van der Waals surface area contributed by atoms with Crippen LogP contribution < -0.4 is 25.8 Å². The van der Waals surface area contributed by atoms with E-state index < -0.39 is 5.91 Å². The molecule has 0 saturated carbocycles. The van der Waals surface area contributed by atoms with Crippen LogP contribution >= 0.6 is 0 Å². The molecule has 3 aromatic carbocycles. The Kier molecular flexibility index (Phi) is 13.6. The number of hydroxylamine groups is 1. The number of carbonyl (C=O) groups excluding carboxylic acids is 4. The van der Waals surface area contributed by atoms with E-state index in [0.29, 0.717) is 43.6 Å². The highest BCUT2D eigenvalue weighted by Crippen LogP contribution is 2.49. The number of rotatable bonds is 15. The minimum atomic E-state index is -0.657. The summed E-state index contributed by atoms with van der Waals surface area (Å²) in [6.45, 7) is 10.5. The number of benzene rings is 3. The van der Waals surface area contributed by atoms with Gasteiger partial charge in [-0.3, -0.25) is 24.4 Å². The van der Waals surface area contributed by atoms with E-state index in [9.17, 15) is 19.2 Å². The van der Waals surface area contributed by atoms with Gasteiger partial charge < -0.3 is 20.3 Å². The van der Waals surface area contributed by atoms with Crippen LogP contribution in [0.5, 0.6) is 5.75 Å². The summed E-state index contributed by atoms with van der Waals surface area (Å²) in [7, 11) is 1.78. The van der Waals surface area contributed by atoms with Crippen molar-refractivity contribution in [2.75, 3.05) is 33.2 Å². The molecular weight excluding hydrogens is 683 g/mol. The van der Waals surface area contributed by atoms with Gasteiger partial charge in [-0.2, -0.15) is 0 Å². The standard InChI is InChI=1S/C43H51N5O6/c1-6-12-31-25-37-34(23-27(31)3)40(35-24-28(4)36(44-7-2)26-38(35)54-37)32-13-8-9-14-33(32)43(52)48(5)22-10-15-39(49)45-20-11-21-46-41(50)29-16-18-30(19-17-29)42(51)47-53/h8-9,13-14,16-19,23-26,35,40,53H,6-7,10-12,15,20-22H2,1-5H3,(H,45,49)(H,46,50)(H,47,51)/p+1. The first-order chi connectivity index (χ1) is 26.1. The molecule has 0 saturated heterocycles. The third-order valence-corrected chi connectivity index (χ3v) is 9.99. The van der Waals surface area contributed by atoms with Gasteiger partial charge in [0.15, 0.2) is 0 Å². The number of ether oxygens (including phenoxy) is 1. The fourth-order valence-corrected chi connectivity index (χ4v) is 7.13. The number of hydrogen-bond acceptors (Lipinski definition) is 6. The molecule has 2 atom stereocenters. The van der Waals surface area contributed by atoms with E-state index >= 15 is 0 Å². The molecule has 0 fully saturated rings. The van der Waals surface area contributed by atoms with Gasteiger partial charge in [-0.15, -0.1) is 0 Å². The van der Waals surface area contributed by atoms with Crippen LogP contribution in [0.15, 0.2) is 84.1 Å². The van der Waals surface area contributed by atoms with E-state index in [2.05, 4.69) is 73.7 Å². The Morgan fingerprint density at radius 1 is 0.889 bits per heavy atom. The van der Waals surface area contributed by atoms with Crippen LogP contribution in [-0.4, -0.2) is 72.7 Å². The molecule has 0 aromatic heterocycles. The molecule has 1 heterocycles. The summed E-state index contributed by atoms with van der Waals surface area (Å²) in [6, 6.07) is 18.2. The largest absolute Gasteiger partial charge is 0.460 e. The summed E-state index contributed by atoms with van der Waals surface area (Å²) >= 11 is 0. The molecule has 54 heavy (non-hydrogen) atoms. The zero-order valence-electron chi connectivity index (χ0n) is 31.9. The van der Waals surface area contributed by atoms with Gasteiger partial charge in [0.1, 0.15) is 18.1 Å². The van der Waals surface area contributed by atoms with E-state index in [-0.39, 0.29) is 41.5 Å². The Morgan fingerprint density at radius 2 is 1.59 bits per heavy atom. The quantitative estimate of drug-likeness (QED) is 0.0889. The first-order valence-electron chi connectivity index (χ1n) is 18.8. The van der Waals surface area contributed by atoms with Crippen molar-refractivity contribution < 1.29 is 34.1 Å². The number of hydrogen-bond donors (Lipinski definition) is 5. The molecule has 4 amide bonds. The number of nitrogens with one attached hydrogen (secondary N) is 4. The normalized spacial score (nSPS) is 16.6. The van der Waals surface area contributed by atoms with Crippen molar-refractivity contribution in [1.29, 1.82) is 0 Å². The zero-order valence-corrected chi connectivity index (χ0v) is 31.9. The molecule has 3 aromatic rings. The SMILES string of the molecule is CCCc1cc2c(cc1C)C(c1ccccc1C(=O)N(C)CCCC(=O)NCCCNC(=O)c1ccc(C(=O)NO)cc1)C1C=C(C)C(=[NH+]CC)C=C1O2. The average Bonchev–Trinajstić information content (AvgIpc) is 3.17. The van der Waals surface area contributed by atoms with Crippen LogP contribution in [0.2, 0.25) is 0 Å². The maximum absolute atomic E-state index is 14.1. The topological polar surface area (TPSA) is 151 Å². The maximum Gasteiger partial charge on any atom is 0.274 e. The van der Waals surface area contributed by atoms with Crippen molar-refractivity contribution in [3.8, 4) is 5.75 Å². The van der Waals surface area contributed by atoms with Gasteiger partial charge in [-0.25, -0.2) is 10.5 Å². The third-order valence-electron chi connectivity index (χ3n) is 9.99. The second-order valence-corrected chi connectivity index (χ2v) is 13.9. The number of carbonyl (C=O) groups is 4. The Balaban J connectivity index is 1.19. The number of nitrogens with zero attached hydrogens (tertiary/aromatic N) is 1. The maximum atomic E-state index is 14.1. The molecule has 284 valence electrons. The van der Waals surface area contributed by atoms with Crippen LogP contribution in [-0.2, 0) is 11.2 Å². The van der Waals surface area contributed by atoms with Crippen molar-refractivity contribution in [3.63, 3.8) is 0 Å². The minimum Gasteiger partial charge on any atom is -0.460 e. The number of fused-ring (bicyclic) bond motifs is 2. The molecule has 5 N–H and O–H groups in total. The van der Waals surface area contributed by atoms with Crippen molar-refractivity contribution in [1.82, 2.24) is 21.0 Å². The Morgan fingerprint density at radius 3 is 2.30 bits per heavy atom. The molecule has 2 aliphatic rings. The second-order valence-electron chi connectivity index (χ2n) is 13.9. The predicted molar refractivity (Wildman–Crippen MR) is 208 cm³/mol. The van der Waals surface area contributed by atoms with Gasteiger partial charge in [-0.1, -0.05) is 43.7 Å². The number of aryl methyl sites for hydroxylation is 2. The molecular formula is C43H52N5O6+. The van der Waals surface area contributed by atoms with Crippen molar-refractivity contribution in [3.05, 3.63) is 123 Å². The van der Waals surface area contributed by atoms with Crippen LogP contribution in [0.3, 0.4) is 0 Å². The fourth-order valence-electron chi connectivity index (χ4n) is 7.13. The Hall–Kier alpha value is -5.55. The van der Waals surface area contributed by atoms with Crippen LogP contribution in [0.4, 0.5) is 0 Å². The first-order valence-corrected chi connectivity index (χ1v) is 18.8. The first kappa shape index (κ1) is 39.7. The summed E-state index contributed by atoms with van der Waals surface area (Å²) in [5.41, 5.74) is 9.50. The summed E-state index contributed by atoms with van der Waals surface area (Å²) in [5.74, 6) is 0.319. The van der Waals surface area contributed by atoms with E-state index in [1.54, 1.807) is 17.4 Å². The van der Waals surface area contributed by atoms with E-state index in [1.807, 2.05) is 18.2 Å². The molecule has 5 rings (SSSR count). The second kappa shape index (κ2) is 18.5. The van der Waals surface area contributed by atoms with E-state index in [4.69, 9.17) is 9.94 Å². The highest BCUT2D eigenvalue weighted by Gasteiger charge is 2.40. The third kappa shape index (κ3) is 9.32. The van der Waals surface area contributed by atoms with Gasteiger partial charge in [0.2, 0.25) is 11.6 Å². The van der Waals surface area contributed by atoms with Crippen molar-refractivity contribution in [2.24, 2.45) is 5.92 Å². The number of allylic oxidation sites excluding steroid dienone is 3. The Bertz CT molecular complexity index is 1960. The van der Waals surface area contributed by atoms with Crippen LogP contribution in [0.1, 0.15) is 106 Å². The van der Waals surface area contributed by atoms with Crippen LogP contribution in [0, 0.1) is 12.8 Å². The summed E-state index contributed by atoms with van der Waals surface area (Å²) < 4.78 is 6.65. The molecule has 2 unspecified atom stereocenters. The lowest BCUT2D eigenvalue weighted by molar-refractivity contribution is -0.451. The van der Waals surface area contributed by atoms with Gasteiger partial charge in [0, 0.05) is 78.8 Å². The monoisotopic (exact) mass is 734 g/mol. The Labute approximate surface area is 317 Å². The zero-order chi connectivity index (χ0) is 38.8. The van der Waals surface area contributed by atoms with E-state index in [1.165, 1.54) is 35.4 Å². The lowest BCUT2D eigenvalue weighted by Crippen LogP contribution is -2.72. The summed E-state index contributed by atoms with van der Waals surface area (Å²) in [4.78, 5) is 55.7. The molecule has 1 aliphatic heterocycles. The van der Waals surface area contributed by atoms with Gasteiger partial charge in [0.25, 0.3) is 17.7 Å². The summed E-state index contributed by atoms with van der Waals surface area (Å²) in [6.07, 6.45) is 7.66. The molecule has 0 bridgehead atoms. The molecule has 11 heteroatoms. The van der Waals surface area contributed by atoms with Gasteiger partial charge in [-0.05, 0) is 93.1 Å². The van der Waals surface area contributed by atoms with Gasteiger partial charge >= 0.3 is 0 Å². The predicted octanol–water partition coefficient (Wildman–Crippen LogP) is 4.38. The van der Waals surface area contributed by atoms with Crippen molar-refractivity contribution >= 4 is 29.3 Å². The molecule has 11 nitrogen and oxygen atoms in total. The molecule has 0 spiro atoms. The van der Waals surface area contributed by atoms with Crippen LogP contribution in [0.25, 0.3) is 0 Å². The minimum absolute atomic E-state index is 0.0822. The van der Waals surface area contributed by atoms with Crippen molar-refractivity contribution in [2.45, 2.75) is 65.7 Å². The molecule has 0 radical (unpaired) electrons. The smallest absolute Gasteiger partial charge is 0.274 e.